The summed E-state index contributed by atoms with van der Waals surface area (Å²) in [6.45, 7) is 3.87. The van der Waals surface area contributed by atoms with E-state index in [1.807, 2.05) is 13.8 Å². The summed E-state index contributed by atoms with van der Waals surface area (Å²) in [5.74, 6) is -0.179. The normalized spacial score (nSPS) is 12.8. The van der Waals surface area contributed by atoms with Crippen LogP contribution in [0.1, 0.15) is 19.4 Å². The monoisotopic (exact) mass is 302 g/mol. The first kappa shape index (κ1) is 14.3. The Bertz CT molecular complexity index is 404. The zero-order valence-corrected chi connectivity index (χ0v) is 11.8. The molecule has 0 aliphatic heterocycles. The Morgan fingerprint density at radius 1 is 1.47 bits per heavy atom. The van der Waals surface area contributed by atoms with Crippen molar-refractivity contribution in [1.82, 2.24) is 0 Å². The molecule has 0 spiro atoms. The number of ketones is 1. The molecule has 17 heavy (non-hydrogen) atoms. The van der Waals surface area contributed by atoms with Crippen LogP contribution in [0.5, 0.6) is 0 Å². The predicted octanol–water partition coefficient (Wildman–Crippen LogP) is 3.37. The van der Waals surface area contributed by atoms with Gasteiger partial charge in [-0.15, -0.1) is 0 Å². The number of ether oxygens (including phenoxy) is 1. The first-order valence-corrected chi connectivity index (χ1v) is 6.24. The van der Waals surface area contributed by atoms with Crippen LogP contribution in [0.25, 0.3) is 0 Å². The molecule has 2 nitrogen and oxygen atoms in total. The van der Waals surface area contributed by atoms with E-state index in [0.717, 1.165) is 5.56 Å². The van der Waals surface area contributed by atoms with Crippen LogP contribution in [0, 0.1) is 11.7 Å². The fraction of sp³-hybridized carbons (Fsp3) is 0.462. The van der Waals surface area contributed by atoms with E-state index in [1.165, 1.54) is 19.2 Å². The van der Waals surface area contributed by atoms with Crippen molar-refractivity contribution >= 4 is 21.7 Å². The number of carbonyl (C=O) groups is 1. The third kappa shape index (κ3) is 3.89. The SMILES string of the molecule is COC(C(=O)Cc1ccc(F)cc1Br)C(C)C. The molecule has 1 unspecified atom stereocenters. The fourth-order valence-electron chi connectivity index (χ4n) is 1.73. The standard InChI is InChI=1S/C13H16BrFO2/c1-8(2)13(17-3)12(16)6-9-4-5-10(15)7-11(9)14/h4-5,7-8,13H,6H2,1-3H3. The summed E-state index contributed by atoms with van der Waals surface area (Å²) in [6.07, 6.45) is -0.163. The number of halogens is 2. The third-order valence-electron chi connectivity index (χ3n) is 2.56. The molecule has 0 aromatic heterocycles. The van der Waals surface area contributed by atoms with Crippen LogP contribution in [0.4, 0.5) is 4.39 Å². The number of rotatable bonds is 5. The van der Waals surface area contributed by atoms with Crippen molar-refractivity contribution in [2.24, 2.45) is 5.92 Å². The van der Waals surface area contributed by atoms with Crippen molar-refractivity contribution in [3.8, 4) is 0 Å². The van der Waals surface area contributed by atoms with Crippen molar-refractivity contribution in [3.05, 3.63) is 34.1 Å². The Balaban J connectivity index is 2.80. The topological polar surface area (TPSA) is 26.3 Å². The average molecular weight is 303 g/mol. The maximum atomic E-state index is 12.9. The predicted molar refractivity (Wildman–Crippen MR) is 68.4 cm³/mol. The molecule has 0 radical (unpaired) electrons. The molecule has 94 valence electrons. The van der Waals surface area contributed by atoms with E-state index in [1.54, 1.807) is 6.07 Å². The lowest BCUT2D eigenvalue weighted by Gasteiger charge is -2.18. The smallest absolute Gasteiger partial charge is 0.166 e. The Morgan fingerprint density at radius 2 is 2.12 bits per heavy atom. The highest BCUT2D eigenvalue weighted by Gasteiger charge is 2.22. The van der Waals surface area contributed by atoms with Gasteiger partial charge in [0, 0.05) is 18.0 Å². The first-order valence-electron chi connectivity index (χ1n) is 5.45. The number of methoxy groups -OCH3 is 1. The molecule has 1 aromatic carbocycles. The summed E-state index contributed by atoms with van der Waals surface area (Å²) in [7, 11) is 1.53. The van der Waals surface area contributed by atoms with Crippen LogP contribution >= 0.6 is 15.9 Å². The fourth-order valence-corrected chi connectivity index (χ4v) is 2.22. The van der Waals surface area contributed by atoms with Crippen LogP contribution in [-0.4, -0.2) is 19.0 Å². The minimum atomic E-state index is -0.410. The molecule has 0 aliphatic carbocycles. The summed E-state index contributed by atoms with van der Waals surface area (Å²) in [4.78, 5) is 12.0. The average Bonchev–Trinajstić information content (AvgIpc) is 2.22. The van der Waals surface area contributed by atoms with Gasteiger partial charge in [0.15, 0.2) is 5.78 Å². The molecule has 0 bridgehead atoms. The maximum absolute atomic E-state index is 12.9. The second-order valence-corrected chi connectivity index (χ2v) is 5.13. The lowest BCUT2D eigenvalue weighted by Crippen LogP contribution is -2.30. The molecule has 0 saturated carbocycles. The van der Waals surface area contributed by atoms with Gasteiger partial charge in [-0.2, -0.15) is 0 Å². The Hall–Kier alpha value is -0.740. The van der Waals surface area contributed by atoms with Gasteiger partial charge in [-0.05, 0) is 23.6 Å². The van der Waals surface area contributed by atoms with Crippen LogP contribution in [-0.2, 0) is 16.0 Å². The van der Waals surface area contributed by atoms with E-state index in [-0.39, 0.29) is 23.9 Å². The third-order valence-corrected chi connectivity index (χ3v) is 3.29. The quantitative estimate of drug-likeness (QED) is 0.833. The number of hydrogen-bond donors (Lipinski definition) is 0. The van der Waals surface area contributed by atoms with Gasteiger partial charge in [-0.3, -0.25) is 4.79 Å². The molecule has 0 fully saturated rings. The Labute approximate surface area is 109 Å². The van der Waals surface area contributed by atoms with Crippen LogP contribution in [0.3, 0.4) is 0 Å². The van der Waals surface area contributed by atoms with Gasteiger partial charge in [0.05, 0.1) is 0 Å². The van der Waals surface area contributed by atoms with Gasteiger partial charge < -0.3 is 4.74 Å². The van der Waals surface area contributed by atoms with E-state index in [2.05, 4.69) is 15.9 Å². The highest BCUT2D eigenvalue weighted by molar-refractivity contribution is 9.10. The molecule has 1 rings (SSSR count). The number of hydrogen-bond acceptors (Lipinski definition) is 2. The molecule has 1 aromatic rings. The summed E-state index contributed by atoms with van der Waals surface area (Å²) in [5.41, 5.74) is 0.777. The van der Waals surface area contributed by atoms with Gasteiger partial charge in [-0.1, -0.05) is 35.8 Å². The number of Topliss-reactive ketones (excluding diaryl/α,β-unsaturated/α-hetero) is 1. The second kappa shape index (κ2) is 6.26. The molecular weight excluding hydrogens is 287 g/mol. The molecule has 1 atom stereocenters. The van der Waals surface area contributed by atoms with Gasteiger partial charge in [0.2, 0.25) is 0 Å². The zero-order valence-electron chi connectivity index (χ0n) is 10.2. The van der Waals surface area contributed by atoms with Gasteiger partial charge in [-0.25, -0.2) is 4.39 Å². The largest absolute Gasteiger partial charge is 0.373 e. The number of benzene rings is 1. The van der Waals surface area contributed by atoms with E-state index in [9.17, 15) is 9.18 Å². The van der Waals surface area contributed by atoms with E-state index >= 15 is 0 Å². The minimum Gasteiger partial charge on any atom is -0.373 e. The van der Waals surface area contributed by atoms with E-state index in [4.69, 9.17) is 4.74 Å². The van der Waals surface area contributed by atoms with Crippen LogP contribution in [0.15, 0.2) is 22.7 Å². The molecule has 0 aliphatic rings. The number of carbonyl (C=O) groups excluding carboxylic acids is 1. The van der Waals surface area contributed by atoms with E-state index in [0.29, 0.717) is 4.47 Å². The van der Waals surface area contributed by atoms with Crippen molar-refractivity contribution in [3.63, 3.8) is 0 Å². The Kier molecular flexibility index (Phi) is 5.28. The highest BCUT2D eigenvalue weighted by Crippen LogP contribution is 2.20. The minimum absolute atomic E-state index is 0.00908. The maximum Gasteiger partial charge on any atom is 0.166 e. The second-order valence-electron chi connectivity index (χ2n) is 4.28. The van der Waals surface area contributed by atoms with Crippen LogP contribution in [0.2, 0.25) is 0 Å². The molecule has 0 amide bonds. The van der Waals surface area contributed by atoms with Gasteiger partial charge in [0.1, 0.15) is 11.9 Å². The molecular formula is C13H16BrFO2. The lowest BCUT2D eigenvalue weighted by atomic mass is 9.98. The van der Waals surface area contributed by atoms with Crippen molar-refractivity contribution in [2.75, 3.05) is 7.11 Å². The van der Waals surface area contributed by atoms with Gasteiger partial charge >= 0.3 is 0 Å². The molecule has 0 saturated heterocycles. The summed E-state index contributed by atoms with van der Waals surface area (Å²) >= 11 is 3.25. The lowest BCUT2D eigenvalue weighted by molar-refractivity contribution is -0.130. The highest BCUT2D eigenvalue weighted by atomic mass is 79.9. The molecule has 0 N–H and O–H groups in total. The molecule has 0 heterocycles. The summed E-state index contributed by atoms with van der Waals surface area (Å²) in [5, 5.41) is 0. The van der Waals surface area contributed by atoms with Gasteiger partial charge in [0.25, 0.3) is 0 Å². The summed E-state index contributed by atoms with van der Waals surface area (Å²) in [6, 6.07) is 4.33. The van der Waals surface area contributed by atoms with Crippen molar-refractivity contribution in [1.29, 1.82) is 0 Å². The summed E-state index contributed by atoms with van der Waals surface area (Å²) < 4.78 is 18.7. The van der Waals surface area contributed by atoms with Crippen molar-refractivity contribution in [2.45, 2.75) is 26.4 Å². The Morgan fingerprint density at radius 3 is 2.59 bits per heavy atom. The van der Waals surface area contributed by atoms with E-state index < -0.39 is 6.10 Å². The zero-order chi connectivity index (χ0) is 13.0. The van der Waals surface area contributed by atoms with Crippen molar-refractivity contribution < 1.29 is 13.9 Å². The van der Waals surface area contributed by atoms with Crippen LogP contribution < -0.4 is 0 Å². The first-order chi connectivity index (χ1) is 7.95. The molecule has 4 heteroatoms.